The second-order valence-corrected chi connectivity index (χ2v) is 6.71. The van der Waals surface area contributed by atoms with Crippen LogP contribution in [-0.4, -0.2) is 35.2 Å². The molecule has 30 heavy (non-hydrogen) atoms. The number of aromatic amines is 1. The van der Waals surface area contributed by atoms with Crippen LogP contribution < -0.4 is 31.4 Å². The predicted octanol–water partition coefficient (Wildman–Crippen LogP) is 2.14. The van der Waals surface area contributed by atoms with Crippen LogP contribution in [0.25, 0.3) is 0 Å². The van der Waals surface area contributed by atoms with E-state index in [2.05, 4.69) is 4.98 Å². The van der Waals surface area contributed by atoms with E-state index in [0.717, 1.165) is 6.42 Å². The molecule has 0 fully saturated rings. The van der Waals surface area contributed by atoms with Gasteiger partial charge in [-0.15, -0.1) is 0 Å². The van der Waals surface area contributed by atoms with E-state index in [0.29, 0.717) is 37.5 Å². The van der Waals surface area contributed by atoms with E-state index in [1.807, 2.05) is 26.8 Å². The zero-order valence-electron chi connectivity index (χ0n) is 17.8. The molecule has 0 atom stereocenters. The first-order chi connectivity index (χ1) is 14.4. The Morgan fingerprint density at radius 3 is 2.37 bits per heavy atom. The smallest absolute Gasteiger partial charge is 0.330 e. The first kappa shape index (κ1) is 23.1. The van der Waals surface area contributed by atoms with Crippen molar-refractivity contribution in [2.75, 3.05) is 30.4 Å². The topological polar surface area (TPSA) is 120 Å². The number of amides is 1. The second kappa shape index (κ2) is 11.1. The van der Waals surface area contributed by atoms with Crippen molar-refractivity contribution in [2.45, 2.75) is 46.6 Å². The predicted molar refractivity (Wildman–Crippen MR) is 116 cm³/mol. The van der Waals surface area contributed by atoms with E-state index in [9.17, 15) is 14.4 Å². The summed E-state index contributed by atoms with van der Waals surface area (Å²) in [5.41, 5.74) is 4.85. The summed E-state index contributed by atoms with van der Waals surface area (Å²) in [6.45, 7) is 6.49. The van der Waals surface area contributed by atoms with Gasteiger partial charge in [0.15, 0.2) is 23.8 Å². The van der Waals surface area contributed by atoms with Crippen molar-refractivity contribution in [2.24, 2.45) is 0 Å². The zero-order valence-corrected chi connectivity index (χ0v) is 17.8. The fraction of sp³-hybridized carbons (Fsp3) is 0.476. The average Bonchev–Trinajstić information content (AvgIpc) is 2.72. The van der Waals surface area contributed by atoms with Crippen LogP contribution in [0.15, 0.2) is 33.9 Å². The lowest BCUT2D eigenvalue weighted by molar-refractivity contribution is -0.120. The third-order valence-electron chi connectivity index (χ3n) is 4.47. The van der Waals surface area contributed by atoms with Crippen LogP contribution >= 0.6 is 0 Å². The maximum atomic E-state index is 13.0. The van der Waals surface area contributed by atoms with Gasteiger partial charge in [0.05, 0.1) is 6.61 Å². The van der Waals surface area contributed by atoms with Gasteiger partial charge >= 0.3 is 5.69 Å². The normalized spacial score (nSPS) is 10.6. The molecular weight excluding hydrogens is 388 g/mol. The fourth-order valence-corrected chi connectivity index (χ4v) is 3.02. The molecule has 1 heterocycles. The third-order valence-corrected chi connectivity index (χ3v) is 4.47. The Balaban J connectivity index is 2.32. The number of aromatic nitrogens is 2. The fourth-order valence-electron chi connectivity index (χ4n) is 3.02. The molecule has 164 valence electrons. The van der Waals surface area contributed by atoms with Gasteiger partial charge in [0.25, 0.3) is 11.5 Å². The summed E-state index contributed by atoms with van der Waals surface area (Å²) < 4.78 is 12.5. The molecule has 3 N–H and O–H groups in total. The molecule has 0 radical (unpaired) electrons. The monoisotopic (exact) mass is 418 g/mol. The highest BCUT2D eigenvalue weighted by atomic mass is 16.5. The van der Waals surface area contributed by atoms with Crippen molar-refractivity contribution in [3.05, 3.63) is 45.1 Å². The molecule has 2 aromatic rings. The minimum atomic E-state index is -0.693. The van der Waals surface area contributed by atoms with Gasteiger partial charge in [0.2, 0.25) is 0 Å². The summed E-state index contributed by atoms with van der Waals surface area (Å²) in [6.07, 6.45) is 2.16. The van der Waals surface area contributed by atoms with E-state index in [-0.39, 0.29) is 24.7 Å². The van der Waals surface area contributed by atoms with Gasteiger partial charge in [-0.3, -0.25) is 19.1 Å². The van der Waals surface area contributed by atoms with Crippen LogP contribution in [0, 0.1) is 0 Å². The standard InChI is InChI=1S/C21H30N4O5/c1-4-7-13-25-19(22)18(20(27)23-21(25)28)24(12-5-2)17(26)14-30-16-11-9-8-10-15(16)29-6-3/h8-11H,4-7,12-14,22H2,1-3H3,(H,23,27,28). The van der Waals surface area contributed by atoms with Crippen LogP contribution in [-0.2, 0) is 11.3 Å². The summed E-state index contributed by atoms with van der Waals surface area (Å²) >= 11 is 0. The molecule has 9 heteroatoms. The molecule has 2 rings (SSSR count). The van der Waals surface area contributed by atoms with Crippen LogP contribution in [0.3, 0.4) is 0 Å². The number of benzene rings is 1. The van der Waals surface area contributed by atoms with Gasteiger partial charge in [-0.05, 0) is 31.9 Å². The number of nitrogens with two attached hydrogens (primary N) is 1. The molecule has 1 aromatic carbocycles. The summed E-state index contributed by atoms with van der Waals surface area (Å²) in [6, 6.07) is 7.04. The summed E-state index contributed by atoms with van der Waals surface area (Å²) in [5, 5.41) is 0. The molecule has 0 aliphatic carbocycles. The molecule has 0 spiro atoms. The summed E-state index contributed by atoms with van der Waals surface area (Å²) in [4.78, 5) is 41.2. The molecule has 0 aliphatic rings. The Labute approximate surface area is 175 Å². The molecule has 0 aliphatic heterocycles. The highest BCUT2D eigenvalue weighted by Crippen LogP contribution is 2.26. The van der Waals surface area contributed by atoms with Crippen molar-refractivity contribution < 1.29 is 14.3 Å². The maximum absolute atomic E-state index is 13.0. The Kier molecular flexibility index (Phi) is 8.52. The van der Waals surface area contributed by atoms with E-state index >= 15 is 0 Å². The molecule has 0 saturated heterocycles. The number of para-hydroxylation sites is 2. The van der Waals surface area contributed by atoms with Crippen molar-refractivity contribution in [3.63, 3.8) is 0 Å². The maximum Gasteiger partial charge on any atom is 0.330 e. The number of unbranched alkanes of at least 4 members (excludes halogenated alkanes) is 1. The first-order valence-electron chi connectivity index (χ1n) is 10.2. The van der Waals surface area contributed by atoms with Crippen LogP contribution in [0.2, 0.25) is 0 Å². The zero-order chi connectivity index (χ0) is 22.1. The van der Waals surface area contributed by atoms with Crippen molar-refractivity contribution >= 4 is 17.4 Å². The number of hydrogen-bond acceptors (Lipinski definition) is 6. The lowest BCUT2D eigenvalue weighted by atomic mass is 10.3. The number of nitrogen functional groups attached to an aromatic ring is 1. The number of carbonyl (C=O) groups is 1. The molecule has 9 nitrogen and oxygen atoms in total. The van der Waals surface area contributed by atoms with E-state index in [1.165, 1.54) is 9.47 Å². The molecule has 0 unspecified atom stereocenters. The van der Waals surface area contributed by atoms with Crippen LogP contribution in [0.5, 0.6) is 11.5 Å². The Morgan fingerprint density at radius 2 is 1.77 bits per heavy atom. The number of H-pyrrole nitrogens is 1. The van der Waals surface area contributed by atoms with E-state index in [4.69, 9.17) is 15.2 Å². The molecule has 0 saturated carbocycles. The Morgan fingerprint density at radius 1 is 1.10 bits per heavy atom. The summed E-state index contributed by atoms with van der Waals surface area (Å²) in [7, 11) is 0. The lowest BCUT2D eigenvalue weighted by Crippen LogP contribution is -2.43. The van der Waals surface area contributed by atoms with Crippen molar-refractivity contribution in [1.29, 1.82) is 0 Å². The summed E-state index contributed by atoms with van der Waals surface area (Å²) in [5.74, 6) is 0.494. The lowest BCUT2D eigenvalue weighted by Gasteiger charge is -2.24. The molecule has 0 bridgehead atoms. The Bertz CT molecular complexity index is 967. The number of nitrogens with one attached hydrogen (secondary N) is 1. The second-order valence-electron chi connectivity index (χ2n) is 6.71. The minimum Gasteiger partial charge on any atom is -0.490 e. The van der Waals surface area contributed by atoms with Gasteiger partial charge in [0, 0.05) is 13.1 Å². The van der Waals surface area contributed by atoms with Gasteiger partial charge in [-0.25, -0.2) is 4.79 Å². The molecule has 1 amide bonds. The first-order valence-corrected chi connectivity index (χ1v) is 10.2. The Hall–Kier alpha value is -3.23. The van der Waals surface area contributed by atoms with Crippen molar-refractivity contribution in [3.8, 4) is 11.5 Å². The highest BCUT2D eigenvalue weighted by Gasteiger charge is 2.24. The number of ether oxygens (including phenoxy) is 2. The van der Waals surface area contributed by atoms with Crippen LogP contribution in [0.4, 0.5) is 11.5 Å². The van der Waals surface area contributed by atoms with Gasteiger partial charge in [-0.1, -0.05) is 32.4 Å². The van der Waals surface area contributed by atoms with E-state index < -0.39 is 17.2 Å². The van der Waals surface area contributed by atoms with Gasteiger partial charge < -0.3 is 20.1 Å². The minimum absolute atomic E-state index is 0.0197. The highest BCUT2D eigenvalue weighted by molar-refractivity contribution is 5.96. The quantitative estimate of drug-likeness (QED) is 0.577. The van der Waals surface area contributed by atoms with Gasteiger partial charge in [-0.2, -0.15) is 0 Å². The van der Waals surface area contributed by atoms with Crippen LogP contribution in [0.1, 0.15) is 40.0 Å². The SMILES string of the molecule is CCCCn1c(N)c(N(CCC)C(=O)COc2ccccc2OCC)c(=O)[nH]c1=O. The van der Waals surface area contributed by atoms with E-state index in [1.54, 1.807) is 18.2 Å². The van der Waals surface area contributed by atoms with Gasteiger partial charge in [0.1, 0.15) is 5.82 Å². The average molecular weight is 418 g/mol. The molecule has 1 aromatic heterocycles. The third kappa shape index (κ3) is 5.43. The molecular formula is C21H30N4O5. The number of hydrogen-bond donors (Lipinski definition) is 2. The number of anilines is 2. The number of carbonyl (C=O) groups excluding carboxylic acids is 1. The number of rotatable bonds is 11. The largest absolute Gasteiger partial charge is 0.490 e. The number of nitrogens with zero attached hydrogens (tertiary/aromatic N) is 2. The van der Waals surface area contributed by atoms with Crippen molar-refractivity contribution in [1.82, 2.24) is 9.55 Å².